The predicted octanol–water partition coefficient (Wildman–Crippen LogP) is 8.94. The van der Waals surface area contributed by atoms with E-state index in [2.05, 4.69) is 45.0 Å². The molecule has 0 aliphatic heterocycles. The minimum atomic E-state index is 0.807. The van der Waals surface area contributed by atoms with E-state index < -0.39 is 0 Å². The molecule has 0 amide bonds. The first kappa shape index (κ1) is 21.9. The van der Waals surface area contributed by atoms with Crippen molar-refractivity contribution in [2.75, 3.05) is 0 Å². The van der Waals surface area contributed by atoms with E-state index in [1.54, 1.807) is 11.1 Å². The van der Waals surface area contributed by atoms with Crippen LogP contribution in [0.5, 0.6) is 0 Å². The maximum absolute atomic E-state index is 2.54. The van der Waals surface area contributed by atoms with Crippen molar-refractivity contribution in [3.05, 3.63) is 35.4 Å². The van der Waals surface area contributed by atoms with Gasteiger partial charge in [-0.2, -0.15) is 0 Å². The number of aryl methyl sites for hydroxylation is 1. The summed E-state index contributed by atoms with van der Waals surface area (Å²) in [7, 11) is 0. The van der Waals surface area contributed by atoms with Gasteiger partial charge in [0, 0.05) is 0 Å². The van der Waals surface area contributed by atoms with Crippen LogP contribution in [0.25, 0.3) is 0 Å². The van der Waals surface area contributed by atoms with Gasteiger partial charge in [-0.05, 0) is 85.7 Å². The van der Waals surface area contributed by atoms with Gasteiger partial charge in [0.25, 0.3) is 0 Å². The Morgan fingerprint density at radius 2 is 1.43 bits per heavy atom. The molecular weight excluding hydrogens is 336 g/mol. The average molecular weight is 383 g/mol. The zero-order chi connectivity index (χ0) is 19.8. The first-order chi connectivity index (χ1) is 13.7. The molecule has 0 bridgehead atoms. The van der Waals surface area contributed by atoms with E-state index in [9.17, 15) is 0 Å². The molecule has 0 heteroatoms. The zero-order valence-electron chi connectivity index (χ0n) is 19.1. The molecule has 0 heterocycles. The van der Waals surface area contributed by atoms with Crippen LogP contribution in [-0.4, -0.2) is 0 Å². The Kier molecular flexibility index (Phi) is 8.94. The molecule has 3 rings (SSSR count). The van der Waals surface area contributed by atoms with Gasteiger partial charge in [0.1, 0.15) is 0 Å². The molecule has 0 nitrogen and oxygen atoms in total. The van der Waals surface area contributed by atoms with Crippen molar-refractivity contribution in [1.29, 1.82) is 0 Å². The molecule has 1 aromatic rings. The summed E-state index contributed by atoms with van der Waals surface area (Å²) >= 11 is 0. The highest BCUT2D eigenvalue weighted by Crippen LogP contribution is 2.47. The van der Waals surface area contributed by atoms with Gasteiger partial charge in [-0.15, -0.1) is 0 Å². The fourth-order valence-electron chi connectivity index (χ4n) is 6.31. The summed E-state index contributed by atoms with van der Waals surface area (Å²) in [5.41, 5.74) is 3.16. The molecule has 1 aromatic carbocycles. The molecule has 0 radical (unpaired) electrons. The van der Waals surface area contributed by atoms with Gasteiger partial charge in [-0.25, -0.2) is 0 Å². The van der Waals surface area contributed by atoms with E-state index in [0.717, 1.165) is 29.6 Å². The van der Waals surface area contributed by atoms with Crippen molar-refractivity contribution in [2.24, 2.45) is 23.7 Å². The Labute approximate surface area is 175 Å². The second-order valence-corrected chi connectivity index (χ2v) is 10.3. The zero-order valence-corrected chi connectivity index (χ0v) is 19.1. The molecule has 28 heavy (non-hydrogen) atoms. The van der Waals surface area contributed by atoms with E-state index in [4.69, 9.17) is 0 Å². The summed E-state index contributed by atoms with van der Waals surface area (Å²) < 4.78 is 0. The van der Waals surface area contributed by atoms with Crippen molar-refractivity contribution in [3.8, 4) is 0 Å². The standard InChI is InChI=1S/C28H46/c1-4-6-8-10-24-13-17-26(18-14-24)28-20-19-27(21-22(28)3)25-15-11-23(12-16-25)9-7-5-2/h13-14,17-18,22-23,25,27-28H,4-12,15-16,19-21H2,1-3H3. The molecule has 2 saturated carbocycles. The largest absolute Gasteiger partial charge is 0.0654 e. The predicted molar refractivity (Wildman–Crippen MR) is 124 cm³/mol. The quantitative estimate of drug-likeness (QED) is 0.374. The highest BCUT2D eigenvalue weighted by molar-refractivity contribution is 5.26. The smallest absolute Gasteiger partial charge is 0.0136 e. The minimum Gasteiger partial charge on any atom is -0.0654 e. The highest BCUT2D eigenvalue weighted by Gasteiger charge is 2.34. The van der Waals surface area contributed by atoms with Crippen molar-refractivity contribution in [1.82, 2.24) is 0 Å². The van der Waals surface area contributed by atoms with Crippen LogP contribution in [0.15, 0.2) is 24.3 Å². The van der Waals surface area contributed by atoms with E-state index >= 15 is 0 Å². The first-order valence-electron chi connectivity index (χ1n) is 12.8. The van der Waals surface area contributed by atoms with Gasteiger partial charge < -0.3 is 0 Å². The van der Waals surface area contributed by atoms with Crippen LogP contribution < -0.4 is 0 Å². The van der Waals surface area contributed by atoms with E-state index in [-0.39, 0.29) is 0 Å². The number of unbranched alkanes of at least 4 members (excludes halogenated alkanes) is 3. The van der Waals surface area contributed by atoms with Gasteiger partial charge in [0.05, 0.1) is 0 Å². The van der Waals surface area contributed by atoms with E-state index in [1.807, 2.05) is 0 Å². The lowest BCUT2D eigenvalue weighted by Crippen LogP contribution is -2.29. The van der Waals surface area contributed by atoms with Gasteiger partial charge in [0.15, 0.2) is 0 Å². The highest BCUT2D eigenvalue weighted by atomic mass is 14.4. The Bertz CT molecular complexity index is 534. The fraction of sp³-hybridized carbons (Fsp3) is 0.786. The van der Waals surface area contributed by atoms with Crippen LogP contribution in [0.4, 0.5) is 0 Å². The van der Waals surface area contributed by atoms with Gasteiger partial charge in [-0.3, -0.25) is 0 Å². The third-order valence-corrected chi connectivity index (χ3v) is 8.21. The number of hydrogen-bond acceptors (Lipinski definition) is 0. The molecule has 0 N–H and O–H groups in total. The van der Waals surface area contributed by atoms with Crippen molar-refractivity contribution >= 4 is 0 Å². The summed E-state index contributed by atoms with van der Waals surface area (Å²) in [6.45, 7) is 7.17. The fourth-order valence-corrected chi connectivity index (χ4v) is 6.31. The van der Waals surface area contributed by atoms with Gasteiger partial charge in [-0.1, -0.05) is 90.0 Å². The normalized spacial score (nSPS) is 31.0. The molecule has 0 saturated heterocycles. The molecular formula is C28H46. The van der Waals surface area contributed by atoms with Crippen molar-refractivity contribution < 1.29 is 0 Å². The van der Waals surface area contributed by atoms with Gasteiger partial charge in [0.2, 0.25) is 0 Å². The third kappa shape index (κ3) is 6.11. The second kappa shape index (κ2) is 11.4. The molecule has 2 aliphatic rings. The lowest BCUT2D eigenvalue weighted by molar-refractivity contribution is 0.130. The second-order valence-electron chi connectivity index (χ2n) is 10.3. The van der Waals surface area contributed by atoms with Crippen molar-refractivity contribution in [3.63, 3.8) is 0 Å². The summed E-state index contributed by atoms with van der Waals surface area (Å²) in [6.07, 6.45) is 20.1. The Balaban J connectivity index is 1.46. The lowest BCUT2D eigenvalue weighted by Gasteiger charge is -2.41. The van der Waals surface area contributed by atoms with Crippen LogP contribution in [0.3, 0.4) is 0 Å². The Morgan fingerprint density at radius 1 is 0.750 bits per heavy atom. The Hall–Kier alpha value is -0.780. The molecule has 158 valence electrons. The first-order valence-corrected chi connectivity index (χ1v) is 12.8. The van der Waals surface area contributed by atoms with Crippen LogP contribution in [-0.2, 0) is 6.42 Å². The molecule has 0 aromatic heterocycles. The van der Waals surface area contributed by atoms with Crippen LogP contribution in [0.2, 0.25) is 0 Å². The number of hydrogen-bond donors (Lipinski definition) is 0. The van der Waals surface area contributed by atoms with Crippen LogP contribution in [0.1, 0.15) is 121 Å². The van der Waals surface area contributed by atoms with Gasteiger partial charge >= 0.3 is 0 Å². The third-order valence-electron chi connectivity index (χ3n) is 8.21. The van der Waals surface area contributed by atoms with E-state index in [0.29, 0.717) is 0 Å². The lowest BCUT2D eigenvalue weighted by atomic mass is 9.65. The number of benzene rings is 1. The SMILES string of the molecule is CCCCCc1ccc(C2CCC(C3CCC(CCCC)CC3)CC2C)cc1. The van der Waals surface area contributed by atoms with Crippen LogP contribution >= 0.6 is 0 Å². The van der Waals surface area contributed by atoms with Crippen LogP contribution in [0, 0.1) is 23.7 Å². The maximum Gasteiger partial charge on any atom is -0.0136 e. The number of rotatable bonds is 9. The molecule has 3 unspecified atom stereocenters. The van der Waals surface area contributed by atoms with E-state index in [1.165, 1.54) is 89.9 Å². The summed E-state index contributed by atoms with van der Waals surface area (Å²) in [4.78, 5) is 0. The monoisotopic (exact) mass is 382 g/mol. The molecule has 3 atom stereocenters. The molecule has 0 spiro atoms. The molecule has 2 aliphatic carbocycles. The molecule has 2 fully saturated rings. The minimum absolute atomic E-state index is 0.807. The summed E-state index contributed by atoms with van der Waals surface area (Å²) in [5, 5.41) is 0. The van der Waals surface area contributed by atoms with Crippen molar-refractivity contribution in [2.45, 2.75) is 117 Å². The summed E-state index contributed by atoms with van der Waals surface area (Å²) in [5.74, 6) is 4.79. The Morgan fingerprint density at radius 3 is 2.07 bits per heavy atom. The topological polar surface area (TPSA) is 0 Å². The maximum atomic E-state index is 2.54. The summed E-state index contributed by atoms with van der Waals surface area (Å²) in [6, 6.07) is 9.76. The average Bonchev–Trinajstić information content (AvgIpc) is 2.73.